The van der Waals surface area contributed by atoms with Gasteiger partial charge in [0.05, 0.1) is 30.2 Å². The van der Waals surface area contributed by atoms with Gasteiger partial charge in [0.1, 0.15) is 11.4 Å². The summed E-state index contributed by atoms with van der Waals surface area (Å²) < 4.78 is 49.2. The smallest absolute Gasteiger partial charge is 0.407 e. The fourth-order valence-electron chi connectivity index (χ4n) is 5.63. The number of ether oxygens (including phenoxy) is 1. The summed E-state index contributed by atoms with van der Waals surface area (Å²) in [5.74, 6) is -0.961. The number of rotatable bonds is 7. The third kappa shape index (κ3) is 6.12. The van der Waals surface area contributed by atoms with Gasteiger partial charge in [-0.25, -0.2) is 4.79 Å². The molecule has 1 fully saturated rings. The molecule has 4 N–H and O–H groups in total. The zero-order chi connectivity index (χ0) is 32.0. The first-order chi connectivity index (χ1) is 19.8. The minimum atomic E-state index is -4.52. The lowest BCUT2D eigenvalue weighted by molar-refractivity contribution is -0.206. The van der Waals surface area contributed by atoms with E-state index in [1.54, 1.807) is 52.3 Å². The molecule has 0 radical (unpaired) electrons. The molecule has 0 amide bonds. The van der Waals surface area contributed by atoms with E-state index in [1.807, 2.05) is 0 Å². The van der Waals surface area contributed by atoms with Gasteiger partial charge in [-0.1, -0.05) is 32.9 Å². The van der Waals surface area contributed by atoms with Crippen molar-refractivity contribution in [3.8, 4) is 6.07 Å². The fraction of sp³-hybridized carbons (Fsp3) is 0.533. The molecule has 1 aliphatic heterocycles. The second kappa shape index (κ2) is 11.0. The molecule has 1 aliphatic rings. The van der Waals surface area contributed by atoms with Gasteiger partial charge in [-0.2, -0.15) is 23.5 Å². The predicted octanol–water partition coefficient (Wildman–Crippen LogP) is 5.75. The van der Waals surface area contributed by atoms with Crippen LogP contribution in [-0.2, 0) is 15.1 Å². The molecular formula is C30H37F3N6O4. The van der Waals surface area contributed by atoms with E-state index in [1.165, 1.54) is 30.5 Å². The normalized spacial score (nSPS) is 22.2. The number of aliphatic carboxylic acids is 1. The van der Waals surface area contributed by atoms with E-state index in [2.05, 4.69) is 26.8 Å². The summed E-state index contributed by atoms with van der Waals surface area (Å²) in [5.41, 5.74) is -3.74. The number of aromatic amines is 1. The third-order valence-electron chi connectivity index (χ3n) is 7.96. The number of alkyl halides is 3. The van der Waals surface area contributed by atoms with Gasteiger partial charge >= 0.3 is 12.1 Å². The minimum Gasteiger partial charge on any atom is -0.479 e. The summed E-state index contributed by atoms with van der Waals surface area (Å²) in [6, 6.07) is 7.56. The van der Waals surface area contributed by atoms with Crippen LogP contribution in [0.4, 0.5) is 24.7 Å². The lowest BCUT2D eigenvalue weighted by Gasteiger charge is -2.49. The van der Waals surface area contributed by atoms with E-state index < -0.39 is 45.8 Å². The largest absolute Gasteiger partial charge is 0.479 e. The summed E-state index contributed by atoms with van der Waals surface area (Å²) >= 11 is 0. The predicted molar refractivity (Wildman–Crippen MR) is 155 cm³/mol. The molecular weight excluding hydrogens is 565 g/mol. The molecule has 3 atom stereocenters. The molecule has 4 rings (SSSR count). The highest BCUT2D eigenvalue weighted by atomic mass is 19.4. The van der Waals surface area contributed by atoms with E-state index in [-0.39, 0.29) is 42.6 Å². The molecule has 10 nitrogen and oxygen atoms in total. The quantitative estimate of drug-likeness (QED) is 0.268. The number of aromatic nitrogens is 3. The molecule has 13 heteroatoms. The zero-order valence-electron chi connectivity index (χ0n) is 25.0. The molecule has 3 unspecified atom stereocenters. The number of H-pyrrole nitrogens is 1. The number of carboxylic acid groups (broad SMARTS) is 1. The first-order valence-electron chi connectivity index (χ1n) is 13.9. The van der Waals surface area contributed by atoms with Crippen LogP contribution in [0.5, 0.6) is 0 Å². The number of carbonyl (C=O) groups is 1. The van der Waals surface area contributed by atoms with Crippen molar-refractivity contribution >= 4 is 28.4 Å². The summed E-state index contributed by atoms with van der Waals surface area (Å²) in [6.45, 7) is 10.2. The van der Waals surface area contributed by atoms with Crippen molar-refractivity contribution < 1.29 is 27.8 Å². The Kier molecular flexibility index (Phi) is 8.19. The lowest BCUT2D eigenvalue weighted by Crippen LogP contribution is -2.59. The number of hydrogen-bond acceptors (Lipinski definition) is 7. The van der Waals surface area contributed by atoms with Crippen molar-refractivity contribution in [3.63, 3.8) is 0 Å². The second-order valence-electron chi connectivity index (χ2n) is 13.2. The Morgan fingerprint density at radius 3 is 2.30 bits per heavy atom. The monoisotopic (exact) mass is 602 g/mol. The Morgan fingerprint density at radius 1 is 1.16 bits per heavy atom. The molecule has 0 aliphatic carbocycles. The number of hydrogen-bond donors (Lipinski definition) is 4. The Balaban J connectivity index is 1.73. The highest BCUT2D eigenvalue weighted by Gasteiger charge is 2.56. The Morgan fingerprint density at radius 2 is 1.81 bits per heavy atom. The molecule has 0 saturated carbocycles. The zero-order valence-corrected chi connectivity index (χ0v) is 25.0. The number of benzene rings is 1. The maximum atomic E-state index is 13.8. The lowest BCUT2D eigenvalue weighted by atomic mass is 9.69. The Labute approximate surface area is 247 Å². The first kappa shape index (κ1) is 32.0. The van der Waals surface area contributed by atoms with Crippen molar-refractivity contribution in [2.45, 2.75) is 89.7 Å². The van der Waals surface area contributed by atoms with Crippen molar-refractivity contribution in [2.75, 3.05) is 11.9 Å². The number of nitriles is 1. The Bertz CT molecular complexity index is 1580. The van der Waals surface area contributed by atoms with E-state index >= 15 is 0 Å². The molecule has 232 valence electrons. The molecule has 1 aromatic carbocycles. The van der Waals surface area contributed by atoms with E-state index in [0.29, 0.717) is 11.2 Å². The van der Waals surface area contributed by atoms with Gasteiger partial charge in [-0.3, -0.25) is 14.8 Å². The van der Waals surface area contributed by atoms with Crippen LogP contribution in [0, 0.1) is 16.7 Å². The van der Waals surface area contributed by atoms with Crippen LogP contribution in [0.1, 0.15) is 72.4 Å². The van der Waals surface area contributed by atoms with Gasteiger partial charge in [-0.15, -0.1) is 0 Å². The van der Waals surface area contributed by atoms with Gasteiger partial charge in [0.25, 0.3) is 5.56 Å². The highest BCUT2D eigenvalue weighted by molar-refractivity contribution is 5.91. The number of carboxylic acids is 1. The van der Waals surface area contributed by atoms with Crippen LogP contribution in [0.3, 0.4) is 0 Å². The SMILES string of the molecule is CC(C)(C)NC(c1ccc(Nc2nn(C3(CC#N)CCC(C(=O)O)(C(C)(C)C)OC3)c3cc[nH]c(=O)c23)cc1)C(F)(F)F. The highest BCUT2D eigenvalue weighted by Crippen LogP contribution is 2.47. The van der Waals surface area contributed by atoms with Crippen molar-refractivity contribution in [1.29, 1.82) is 5.26 Å². The molecule has 3 aromatic rings. The molecule has 43 heavy (non-hydrogen) atoms. The van der Waals surface area contributed by atoms with Crippen LogP contribution < -0.4 is 16.2 Å². The number of fused-ring (bicyclic) bond motifs is 1. The number of anilines is 2. The second-order valence-corrected chi connectivity index (χ2v) is 13.2. The van der Waals surface area contributed by atoms with E-state index in [9.17, 15) is 33.1 Å². The minimum absolute atomic E-state index is 0.0225. The summed E-state index contributed by atoms with van der Waals surface area (Å²) in [5, 5.41) is 30.4. The van der Waals surface area contributed by atoms with Gasteiger partial charge in [-0.05, 0) is 57.4 Å². The number of nitrogens with one attached hydrogen (secondary N) is 3. The number of halogens is 3. The summed E-state index contributed by atoms with van der Waals surface area (Å²) in [6.07, 6.45) is -2.80. The van der Waals surface area contributed by atoms with Gasteiger partial charge in [0, 0.05) is 22.8 Å². The molecule has 0 bridgehead atoms. The summed E-state index contributed by atoms with van der Waals surface area (Å²) in [7, 11) is 0. The number of nitrogens with zero attached hydrogens (tertiary/aromatic N) is 3. The van der Waals surface area contributed by atoms with Crippen molar-refractivity contribution in [3.05, 3.63) is 52.4 Å². The number of pyridine rings is 1. The maximum Gasteiger partial charge on any atom is 0.407 e. The Hall–Kier alpha value is -3.89. The standard InChI is InChI=1S/C30H37F3N6O4/c1-26(2,3)29(25(41)42)13-12-28(14-15-34,17-43-29)39-20-11-16-35-24(40)21(20)23(38-39)36-19-9-7-18(8-10-19)22(30(31,32)33)37-27(4,5)6/h7-11,16,22,37H,12-14,17H2,1-6H3,(H,35,40)(H,36,38)(H,41,42). The molecule has 1 saturated heterocycles. The average Bonchev–Trinajstić information content (AvgIpc) is 3.26. The van der Waals surface area contributed by atoms with Gasteiger partial charge in [0.2, 0.25) is 0 Å². The van der Waals surface area contributed by atoms with Gasteiger partial charge < -0.3 is 20.1 Å². The maximum absolute atomic E-state index is 13.8. The first-order valence-corrected chi connectivity index (χ1v) is 13.9. The molecule has 2 aromatic heterocycles. The van der Waals surface area contributed by atoms with Gasteiger partial charge in [0.15, 0.2) is 11.4 Å². The average molecular weight is 603 g/mol. The van der Waals surface area contributed by atoms with Crippen molar-refractivity contribution in [2.24, 2.45) is 5.41 Å². The fourth-order valence-corrected chi connectivity index (χ4v) is 5.63. The van der Waals surface area contributed by atoms with E-state index in [0.717, 1.165) is 0 Å². The van der Waals surface area contributed by atoms with Crippen LogP contribution >= 0.6 is 0 Å². The topological polar surface area (TPSA) is 145 Å². The molecule has 3 heterocycles. The van der Waals surface area contributed by atoms with Crippen LogP contribution in [0.2, 0.25) is 0 Å². The third-order valence-corrected chi connectivity index (χ3v) is 7.96. The van der Waals surface area contributed by atoms with E-state index in [4.69, 9.17) is 4.74 Å². The van der Waals surface area contributed by atoms with Crippen molar-refractivity contribution in [1.82, 2.24) is 20.1 Å². The van der Waals surface area contributed by atoms with Crippen LogP contribution in [0.15, 0.2) is 41.3 Å². The van der Waals surface area contributed by atoms with Crippen LogP contribution in [-0.4, -0.2) is 49.8 Å². The molecule has 0 spiro atoms. The van der Waals surface area contributed by atoms with Crippen LogP contribution in [0.25, 0.3) is 10.9 Å². The summed E-state index contributed by atoms with van der Waals surface area (Å²) in [4.78, 5) is 28.0.